The molecule has 1 heterocycles. The van der Waals surface area contributed by atoms with Crippen LogP contribution in [-0.2, 0) is 9.53 Å². The Morgan fingerprint density at radius 2 is 1.83 bits per heavy atom. The van der Waals surface area contributed by atoms with Crippen molar-refractivity contribution in [1.82, 2.24) is 9.69 Å². The van der Waals surface area contributed by atoms with E-state index < -0.39 is 29.6 Å². The minimum Gasteiger partial charge on any atom is -0.497 e. The molecule has 0 aliphatic carbocycles. The third-order valence-corrected chi connectivity index (χ3v) is 5.88. The minimum absolute atomic E-state index is 0.149. The molecule has 0 fully saturated rings. The van der Waals surface area contributed by atoms with Gasteiger partial charge >= 0.3 is 0 Å². The highest BCUT2D eigenvalue weighted by molar-refractivity contribution is 7.09. The van der Waals surface area contributed by atoms with Crippen LogP contribution in [0.2, 0.25) is 0 Å². The van der Waals surface area contributed by atoms with Gasteiger partial charge in [-0.2, -0.15) is 4.37 Å². The molecule has 0 unspecified atom stereocenters. The van der Waals surface area contributed by atoms with Gasteiger partial charge in [-0.15, -0.1) is 0 Å². The Kier molecular flexibility index (Phi) is 8.34. The average molecular weight is 502 g/mol. The number of rotatable bonds is 10. The Balaban J connectivity index is 2.19. The van der Waals surface area contributed by atoms with E-state index in [1.54, 1.807) is 24.3 Å². The first-order chi connectivity index (χ1) is 16.8. The summed E-state index contributed by atoms with van der Waals surface area (Å²) in [7, 11) is 2.97. The molecular formula is C23H24FN5O5S. The Labute approximate surface area is 204 Å². The summed E-state index contributed by atoms with van der Waals surface area (Å²) < 4.78 is 29.1. The van der Waals surface area contributed by atoms with Gasteiger partial charge in [0.2, 0.25) is 5.91 Å². The van der Waals surface area contributed by atoms with Crippen molar-refractivity contribution >= 4 is 40.6 Å². The third-order valence-electron chi connectivity index (χ3n) is 5.03. The van der Waals surface area contributed by atoms with Crippen LogP contribution in [0.4, 0.5) is 15.8 Å². The highest BCUT2D eigenvalue weighted by Crippen LogP contribution is 2.34. The standard InChI is InChI=1S/C23H24FN5O5S/c1-33-12-11-27-22(31)19(13-7-9-14(34-2)10-8-13)29(16-6-4-3-5-15(16)24)23(32)20-17(25)18(21(26)30)28-35-20/h3-10,19H,11-12,25H2,1-2H3,(H2,26,30)(H,27,31)/t19-/m0/s1. The second-order valence-corrected chi connectivity index (χ2v) is 8.00. The molecule has 0 bridgehead atoms. The van der Waals surface area contributed by atoms with E-state index in [1.807, 2.05) is 0 Å². The van der Waals surface area contributed by atoms with Crippen LogP contribution >= 0.6 is 11.5 Å². The van der Waals surface area contributed by atoms with Crippen LogP contribution in [-0.4, -0.2) is 49.5 Å². The second-order valence-electron chi connectivity index (χ2n) is 7.22. The van der Waals surface area contributed by atoms with Crippen LogP contribution < -0.4 is 26.4 Å². The molecule has 0 aliphatic heterocycles. The van der Waals surface area contributed by atoms with E-state index in [9.17, 15) is 14.4 Å². The number of nitrogens with zero attached hydrogens (tertiary/aromatic N) is 2. The lowest BCUT2D eigenvalue weighted by atomic mass is 10.0. The molecule has 0 aliphatic rings. The van der Waals surface area contributed by atoms with Gasteiger partial charge in [-0.1, -0.05) is 24.3 Å². The van der Waals surface area contributed by atoms with E-state index >= 15 is 4.39 Å². The van der Waals surface area contributed by atoms with Gasteiger partial charge in [0.25, 0.3) is 11.8 Å². The number of hydrogen-bond acceptors (Lipinski definition) is 8. The van der Waals surface area contributed by atoms with Crippen LogP contribution in [0.1, 0.15) is 31.8 Å². The van der Waals surface area contributed by atoms with Crippen LogP contribution in [0.15, 0.2) is 48.5 Å². The zero-order valence-electron chi connectivity index (χ0n) is 19.0. The number of anilines is 2. The summed E-state index contributed by atoms with van der Waals surface area (Å²) in [5.41, 5.74) is 10.9. The molecule has 3 amide bonds. The smallest absolute Gasteiger partial charge is 0.273 e. The molecular weight excluding hydrogens is 477 g/mol. The maximum absolute atomic E-state index is 15.0. The quantitative estimate of drug-likeness (QED) is 0.360. The first-order valence-corrected chi connectivity index (χ1v) is 11.1. The first kappa shape index (κ1) is 25.6. The second kappa shape index (κ2) is 11.4. The predicted octanol–water partition coefficient (Wildman–Crippen LogP) is 2.12. The van der Waals surface area contributed by atoms with Gasteiger partial charge in [0.05, 0.1) is 25.1 Å². The Hall–Kier alpha value is -4.03. The van der Waals surface area contributed by atoms with E-state index in [0.29, 0.717) is 22.8 Å². The van der Waals surface area contributed by atoms with Crippen LogP contribution in [0.25, 0.3) is 0 Å². The number of primary amides is 1. The van der Waals surface area contributed by atoms with Crippen molar-refractivity contribution < 1.29 is 28.2 Å². The largest absolute Gasteiger partial charge is 0.497 e. The van der Waals surface area contributed by atoms with E-state index in [4.69, 9.17) is 20.9 Å². The number of aromatic nitrogens is 1. The molecule has 5 N–H and O–H groups in total. The lowest BCUT2D eigenvalue weighted by molar-refractivity contribution is -0.122. The van der Waals surface area contributed by atoms with Crippen molar-refractivity contribution in [2.45, 2.75) is 6.04 Å². The summed E-state index contributed by atoms with van der Waals surface area (Å²) in [4.78, 5) is 39.7. The van der Waals surface area contributed by atoms with Gasteiger partial charge in [0.15, 0.2) is 5.69 Å². The number of nitrogen functional groups attached to an aromatic ring is 1. The molecule has 0 radical (unpaired) electrons. The SMILES string of the molecule is COCCNC(=O)[C@H](c1ccc(OC)cc1)N(C(=O)c1snc(C(N)=O)c1N)c1ccccc1F. The number of ether oxygens (including phenoxy) is 2. The zero-order chi connectivity index (χ0) is 25.5. The molecule has 0 saturated heterocycles. The number of carbonyl (C=O) groups is 3. The summed E-state index contributed by atoms with van der Waals surface area (Å²) in [6, 6.07) is 10.6. The lowest BCUT2D eigenvalue weighted by Crippen LogP contribution is -2.45. The van der Waals surface area contributed by atoms with Gasteiger partial charge in [-0.05, 0) is 41.4 Å². The van der Waals surface area contributed by atoms with Gasteiger partial charge in [0, 0.05) is 13.7 Å². The first-order valence-electron chi connectivity index (χ1n) is 10.3. The molecule has 0 saturated carbocycles. The Bertz CT molecular complexity index is 1220. The number of nitrogens with one attached hydrogen (secondary N) is 1. The van der Waals surface area contributed by atoms with Gasteiger partial charge < -0.3 is 26.3 Å². The van der Waals surface area contributed by atoms with Crippen LogP contribution in [0, 0.1) is 5.82 Å². The number of carbonyl (C=O) groups excluding carboxylic acids is 3. The van der Waals surface area contributed by atoms with Gasteiger partial charge in [-0.25, -0.2) is 4.39 Å². The van der Waals surface area contributed by atoms with Crippen LogP contribution in [0.3, 0.4) is 0 Å². The van der Waals surface area contributed by atoms with Crippen molar-refractivity contribution in [2.75, 3.05) is 38.0 Å². The van der Waals surface area contributed by atoms with Crippen molar-refractivity contribution in [3.05, 3.63) is 70.5 Å². The molecule has 3 aromatic rings. The number of methoxy groups -OCH3 is 2. The molecule has 35 heavy (non-hydrogen) atoms. The number of halogens is 1. The van der Waals surface area contributed by atoms with Crippen molar-refractivity contribution in [3.8, 4) is 5.75 Å². The van der Waals surface area contributed by atoms with E-state index in [1.165, 1.54) is 32.4 Å². The number of para-hydroxylation sites is 1. The fraction of sp³-hybridized carbons (Fsp3) is 0.217. The monoisotopic (exact) mass is 501 g/mol. The summed E-state index contributed by atoms with van der Waals surface area (Å²) in [5.74, 6) is -2.57. The molecule has 1 atom stereocenters. The maximum atomic E-state index is 15.0. The summed E-state index contributed by atoms with van der Waals surface area (Å²) in [6.07, 6.45) is 0. The van der Waals surface area contributed by atoms with Crippen molar-refractivity contribution in [1.29, 1.82) is 0 Å². The van der Waals surface area contributed by atoms with E-state index in [0.717, 1.165) is 11.0 Å². The highest BCUT2D eigenvalue weighted by atomic mass is 32.1. The number of amides is 3. The topological polar surface area (TPSA) is 150 Å². The molecule has 2 aromatic carbocycles. The zero-order valence-corrected chi connectivity index (χ0v) is 19.8. The molecule has 1 aromatic heterocycles. The number of nitrogens with two attached hydrogens (primary N) is 2. The number of hydrogen-bond donors (Lipinski definition) is 3. The fourth-order valence-electron chi connectivity index (χ4n) is 3.33. The van der Waals surface area contributed by atoms with Crippen molar-refractivity contribution in [2.24, 2.45) is 5.73 Å². The number of benzene rings is 2. The summed E-state index contributed by atoms with van der Waals surface area (Å²) in [6.45, 7) is 0.369. The lowest BCUT2D eigenvalue weighted by Gasteiger charge is -2.31. The summed E-state index contributed by atoms with van der Waals surface area (Å²) in [5, 5.41) is 2.70. The predicted molar refractivity (Wildman–Crippen MR) is 129 cm³/mol. The minimum atomic E-state index is -1.32. The van der Waals surface area contributed by atoms with Crippen LogP contribution in [0.5, 0.6) is 5.75 Å². The Morgan fingerprint density at radius 3 is 2.40 bits per heavy atom. The molecule has 3 rings (SSSR count). The van der Waals surface area contributed by atoms with E-state index in [2.05, 4.69) is 9.69 Å². The van der Waals surface area contributed by atoms with Crippen molar-refractivity contribution in [3.63, 3.8) is 0 Å². The maximum Gasteiger partial charge on any atom is 0.273 e. The molecule has 184 valence electrons. The average Bonchev–Trinajstić information content (AvgIpc) is 3.24. The molecule has 12 heteroatoms. The van der Waals surface area contributed by atoms with Gasteiger partial charge in [0.1, 0.15) is 22.5 Å². The summed E-state index contributed by atoms with van der Waals surface area (Å²) >= 11 is 0.632. The Morgan fingerprint density at radius 1 is 1.14 bits per heavy atom. The normalized spacial score (nSPS) is 11.5. The fourth-order valence-corrected chi connectivity index (χ4v) is 4.07. The molecule has 10 nitrogen and oxygen atoms in total. The van der Waals surface area contributed by atoms with E-state index in [-0.39, 0.29) is 35.1 Å². The van der Waals surface area contributed by atoms with Gasteiger partial charge in [-0.3, -0.25) is 19.3 Å². The molecule has 0 spiro atoms. The highest BCUT2D eigenvalue weighted by Gasteiger charge is 2.37. The third kappa shape index (κ3) is 5.55.